The topological polar surface area (TPSA) is 26.3 Å². The molecule has 0 heterocycles. The molecular weight excluding hydrogens is 428 g/mol. The molecule has 0 amide bonds. The van der Waals surface area contributed by atoms with Gasteiger partial charge in [-0.05, 0) is 122 Å². The molecule has 4 unspecified atom stereocenters. The average molecular weight is 483 g/mol. The van der Waals surface area contributed by atoms with Crippen molar-refractivity contribution < 1.29 is 9.53 Å². The lowest BCUT2D eigenvalue weighted by Crippen LogP contribution is -2.58. The van der Waals surface area contributed by atoms with Gasteiger partial charge < -0.3 is 4.74 Å². The number of fused-ring (bicyclic) bond motifs is 2. The largest absolute Gasteiger partial charge is 0.462 e. The van der Waals surface area contributed by atoms with Crippen molar-refractivity contribution in [3.8, 4) is 0 Å². The zero-order chi connectivity index (χ0) is 25.6. The highest BCUT2D eigenvalue weighted by Crippen LogP contribution is 2.89. The molecule has 0 aromatic carbocycles. The Morgan fingerprint density at radius 2 is 1.54 bits per heavy atom. The van der Waals surface area contributed by atoms with E-state index in [0.717, 1.165) is 30.1 Å². The first-order valence-corrected chi connectivity index (χ1v) is 15.1. The van der Waals surface area contributed by atoms with Gasteiger partial charge >= 0.3 is 5.97 Å². The number of carbonyl (C=O) groups excluding carboxylic acids is 1. The highest BCUT2D eigenvalue weighted by molar-refractivity contribution is 5.66. The van der Waals surface area contributed by atoms with Crippen LogP contribution in [0.25, 0.3) is 0 Å². The second kappa shape index (κ2) is 8.10. The van der Waals surface area contributed by atoms with Gasteiger partial charge in [0.05, 0.1) is 0 Å². The molecule has 2 spiro atoms. The monoisotopic (exact) mass is 482 g/mol. The fourth-order valence-corrected chi connectivity index (χ4v) is 11.6. The van der Waals surface area contributed by atoms with Gasteiger partial charge in [-0.15, -0.1) is 0 Å². The van der Waals surface area contributed by atoms with E-state index >= 15 is 0 Å². The third-order valence-electron chi connectivity index (χ3n) is 13.8. The van der Waals surface area contributed by atoms with Crippen LogP contribution in [-0.2, 0) is 9.53 Å². The van der Waals surface area contributed by atoms with Gasteiger partial charge in [-0.2, -0.15) is 0 Å². The fraction of sp³-hybridized carbons (Fsp3) is 0.909. The Bertz CT molecular complexity index is 886. The zero-order valence-corrected chi connectivity index (χ0v) is 24.3. The molecule has 5 rings (SSSR count). The molecule has 0 N–H and O–H groups in total. The number of hydrogen-bond acceptors (Lipinski definition) is 2. The predicted molar refractivity (Wildman–Crippen MR) is 145 cm³/mol. The van der Waals surface area contributed by atoms with Crippen LogP contribution < -0.4 is 0 Å². The van der Waals surface area contributed by atoms with Gasteiger partial charge in [0.25, 0.3) is 0 Å². The first-order valence-electron chi connectivity index (χ1n) is 15.1. The number of ether oxygens (including phenoxy) is 1. The minimum atomic E-state index is -0.0951. The van der Waals surface area contributed by atoms with Crippen LogP contribution in [0, 0.1) is 56.7 Å². The number of rotatable bonds is 6. The van der Waals surface area contributed by atoms with E-state index in [1.807, 2.05) is 0 Å². The molecule has 0 aromatic heterocycles. The van der Waals surface area contributed by atoms with Crippen LogP contribution in [0.15, 0.2) is 12.2 Å². The maximum Gasteiger partial charge on any atom is 0.302 e. The van der Waals surface area contributed by atoms with Crippen LogP contribution in [-0.4, -0.2) is 12.1 Å². The number of hydrogen-bond donors (Lipinski definition) is 0. The minimum absolute atomic E-state index is 0.0951. The lowest BCUT2D eigenvalue weighted by molar-refractivity contribution is -0.181. The van der Waals surface area contributed by atoms with Crippen molar-refractivity contribution in [3.05, 3.63) is 12.2 Å². The maximum absolute atomic E-state index is 11.9. The standard InChI is InChI=1S/C33H54O2/c1-21(2)22(3)10-11-23(4)25-14-16-31(9)27-13-12-26-29(6,7)28(35-24(5)34)15-17-32(26)20-33(27,32)19-18-30(25,31)8/h21,23,25-28H,3,10-20H2,1-2,4-9H3/t23?,25-,26?,27?,28+,30-,31?,32-,33+/m1/s1. The molecule has 198 valence electrons. The summed E-state index contributed by atoms with van der Waals surface area (Å²) in [5.41, 5.74) is 3.63. The molecule has 2 nitrogen and oxygen atoms in total. The van der Waals surface area contributed by atoms with Crippen LogP contribution in [0.1, 0.15) is 126 Å². The molecule has 0 bridgehead atoms. The summed E-state index contributed by atoms with van der Waals surface area (Å²) in [4.78, 5) is 11.9. The summed E-state index contributed by atoms with van der Waals surface area (Å²) < 4.78 is 5.91. The Hall–Kier alpha value is -0.790. The molecule has 35 heavy (non-hydrogen) atoms. The summed E-state index contributed by atoms with van der Waals surface area (Å²) in [7, 11) is 0. The van der Waals surface area contributed by atoms with Gasteiger partial charge in [0.15, 0.2) is 0 Å². The quantitative estimate of drug-likeness (QED) is 0.279. The van der Waals surface area contributed by atoms with Crippen molar-refractivity contribution in [3.63, 3.8) is 0 Å². The molecule has 5 saturated carbocycles. The molecule has 0 radical (unpaired) electrons. The van der Waals surface area contributed by atoms with Crippen molar-refractivity contribution in [2.45, 2.75) is 132 Å². The van der Waals surface area contributed by atoms with Crippen molar-refractivity contribution in [2.24, 2.45) is 56.7 Å². The lowest BCUT2D eigenvalue weighted by Gasteiger charge is -2.63. The smallest absolute Gasteiger partial charge is 0.302 e. The van der Waals surface area contributed by atoms with Gasteiger partial charge in [-0.3, -0.25) is 4.79 Å². The van der Waals surface area contributed by atoms with Gasteiger partial charge in [-0.1, -0.05) is 60.6 Å². The minimum Gasteiger partial charge on any atom is -0.462 e. The second-order valence-electron chi connectivity index (χ2n) is 15.4. The number of carbonyl (C=O) groups is 1. The summed E-state index contributed by atoms with van der Waals surface area (Å²) in [6.45, 7) is 23.4. The fourth-order valence-electron chi connectivity index (χ4n) is 11.6. The number of allylic oxidation sites excluding steroid dienone is 1. The highest BCUT2D eigenvalue weighted by Gasteiger charge is 2.82. The van der Waals surface area contributed by atoms with Crippen LogP contribution >= 0.6 is 0 Å². The number of esters is 1. The van der Waals surface area contributed by atoms with E-state index in [1.54, 1.807) is 6.92 Å². The van der Waals surface area contributed by atoms with Gasteiger partial charge in [-0.25, -0.2) is 0 Å². The maximum atomic E-state index is 11.9. The third-order valence-corrected chi connectivity index (χ3v) is 13.8. The van der Waals surface area contributed by atoms with Crippen LogP contribution in [0.4, 0.5) is 0 Å². The van der Waals surface area contributed by atoms with E-state index in [-0.39, 0.29) is 17.5 Å². The summed E-state index contributed by atoms with van der Waals surface area (Å²) in [6.07, 6.45) is 15.0. The molecule has 5 aliphatic rings. The molecule has 5 aliphatic carbocycles. The molecule has 0 saturated heterocycles. The lowest BCUT2D eigenvalue weighted by atomic mass is 9.41. The third kappa shape index (κ3) is 3.35. The summed E-state index contributed by atoms with van der Waals surface area (Å²) in [5, 5.41) is 0. The Balaban J connectivity index is 1.37. The summed E-state index contributed by atoms with van der Waals surface area (Å²) in [6, 6.07) is 0. The van der Waals surface area contributed by atoms with Crippen LogP contribution in [0.2, 0.25) is 0 Å². The van der Waals surface area contributed by atoms with E-state index in [4.69, 9.17) is 4.74 Å². The summed E-state index contributed by atoms with van der Waals surface area (Å²) >= 11 is 0. The molecule has 2 heteroatoms. The van der Waals surface area contributed by atoms with Gasteiger partial charge in [0.1, 0.15) is 6.10 Å². The van der Waals surface area contributed by atoms with E-state index in [2.05, 4.69) is 55.0 Å². The van der Waals surface area contributed by atoms with E-state index in [9.17, 15) is 4.79 Å². The molecule has 0 aromatic rings. The molecule has 9 atom stereocenters. The van der Waals surface area contributed by atoms with E-state index in [0.29, 0.717) is 27.6 Å². The van der Waals surface area contributed by atoms with Gasteiger partial charge in [0, 0.05) is 12.3 Å². The molecule has 0 aliphatic heterocycles. The Kier molecular flexibility index (Phi) is 5.98. The molecular formula is C33H54O2. The average Bonchev–Trinajstić information content (AvgIpc) is 3.36. The SMILES string of the molecule is C=C(CCC(C)[C@H]1CCC2(C)C3CCC4C(C)(C)[C@@H](OC(C)=O)CC[C@@]45C[C@@]35CC[C@]12C)C(C)C. The predicted octanol–water partition coefficient (Wildman–Crippen LogP) is 8.99. The molecule has 5 fully saturated rings. The van der Waals surface area contributed by atoms with E-state index in [1.165, 1.54) is 69.8 Å². The normalized spacial score (nSPS) is 48.3. The van der Waals surface area contributed by atoms with Crippen molar-refractivity contribution >= 4 is 5.97 Å². The zero-order valence-electron chi connectivity index (χ0n) is 24.3. The summed E-state index contributed by atoms with van der Waals surface area (Å²) in [5.74, 6) is 3.80. The Labute approximate surface area is 216 Å². The van der Waals surface area contributed by atoms with Crippen molar-refractivity contribution in [1.29, 1.82) is 0 Å². The second-order valence-corrected chi connectivity index (χ2v) is 15.4. The first-order chi connectivity index (χ1) is 16.3. The van der Waals surface area contributed by atoms with Gasteiger partial charge in [0.2, 0.25) is 0 Å². The Morgan fingerprint density at radius 1 is 0.886 bits per heavy atom. The van der Waals surface area contributed by atoms with Crippen LogP contribution in [0.3, 0.4) is 0 Å². The van der Waals surface area contributed by atoms with E-state index < -0.39 is 0 Å². The van der Waals surface area contributed by atoms with Crippen LogP contribution in [0.5, 0.6) is 0 Å². The van der Waals surface area contributed by atoms with Crippen molar-refractivity contribution in [2.75, 3.05) is 0 Å². The van der Waals surface area contributed by atoms with Crippen molar-refractivity contribution in [1.82, 2.24) is 0 Å². The first kappa shape index (κ1) is 25.8. The Morgan fingerprint density at radius 3 is 2.20 bits per heavy atom. The highest BCUT2D eigenvalue weighted by atomic mass is 16.5.